The normalized spacial score (nSPS) is 11.1. The minimum atomic E-state index is -1.24. The number of ether oxygens (including phenoxy) is 1. The largest absolute Gasteiger partial charge is 0.494 e. The van der Waals surface area contributed by atoms with Crippen molar-refractivity contribution in [3.8, 4) is 5.75 Å². The molecule has 0 N–H and O–H groups in total. The maximum atomic E-state index is 5.72. The summed E-state index contributed by atoms with van der Waals surface area (Å²) in [5.41, 5.74) is 1.09. The van der Waals surface area contributed by atoms with Crippen LogP contribution < -0.4 is 4.74 Å². The van der Waals surface area contributed by atoms with Gasteiger partial charge in [-0.1, -0.05) is 38.3 Å². The average molecular weight is 328 g/mol. The minimum absolute atomic E-state index is 0.489. The molecule has 126 valence electrons. The highest BCUT2D eigenvalue weighted by Crippen LogP contribution is 2.40. The Morgan fingerprint density at radius 1 is 0.818 bits per heavy atom. The third kappa shape index (κ3) is 8.70. The average Bonchev–Trinajstić information content (AvgIpc) is 2.54. The van der Waals surface area contributed by atoms with Crippen LogP contribution in [0.15, 0.2) is 24.3 Å². The summed E-state index contributed by atoms with van der Waals surface area (Å²) in [4.78, 5) is 0. The van der Waals surface area contributed by atoms with E-state index < -0.39 is 8.60 Å². The van der Waals surface area contributed by atoms with E-state index in [1.165, 1.54) is 19.3 Å². The Morgan fingerprint density at radius 2 is 1.50 bits per heavy atom. The number of unbranched alkanes of at least 4 members (excludes halogenated alkanes) is 3. The van der Waals surface area contributed by atoms with Crippen molar-refractivity contribution < 1.29 is 18.3 Å². The molecule has 0 radical (unpaired) electrons. The van der Waals surface area contributed by atoms with E-state index in [1.54, 1.807) is 0 Å². The van der Waals surface area contributed by atoms with Crippen molar-refractivity contribution in [3.05, 3.63) is 29.8 Å². The van der Waals surface area contributed by atoms with Gasteiger partial charge in [0.1, 0.15) is 5.75 Å². The molecular weight excluding hydrogens is 299 g/mol. The van der Waals surface area contributed by atoms with Crippen LogP contribution in [0.2, 0.25) is 0 Å². The van der Waals surface area contributed by atoms with E-state index in [9.17, 15) is 0 Å². The summed E-state index contributed by atoms with van der Waals surface area (Å²) in [5, 5.41) is 0. The highest BCUT2D eigenvalue weighted by molar-refractivity contribution is 7.41. The van der Waals surface area contributed by atoms with Crippen molar-refractivity contribution in [2.24, 2.45) is 0 Å². The Labute approximate surface area is 136 Å². The van der Waals surface area contributed by atoms with E-state index in [0.29, 0.717) is 19.8 Å². The molecule has 0 aliphatic carbocycles. The lowest BCUT2D eigenvalue weighted by Gasteiger charge is -2.15. The third-order valence-electron chi connectivity index (χ3n) is 3.00. The van der Waals surface area contributed by atoms with Crippen LogP contribution in [0.3, 0.4) is 0 Å². The van der Waals surface area contributed by atoms with E-state index >= 15 is 0 Å². The van der Waals surface area contributed by atoms with Crippen molar-refractivity contribution >= 4 is 8.60 Å². The van der Waals surface area contributed by atoms with Crippen molar-refractivity contribution in [3.63, 3.8) is 0 Å². The number of benzene rings is 1. The zero-order valence-corrected chi connectivity index (χ0v) is 14.9. The number of hydrogen-bond donors (Lipinski definition) is 0. The second kappa shape index (κ2) is 12.8. The van der Waals surface area contributed by atoms with Crippen LogP contribution in [-0.4, -0.2) is 19.8 Å². The fourth-order valence-electron chi connectivity index (χ4n) is 1.85. The smallest absolute Gasteiger partial charge is 0.332 e. The summed E-state index contributed by atoms with van der Waals surface area (Å²) in [7, 11) is -1.24. The van der Waals surface area contributed by atoms with Gasteiger partial charge < -0.3 is 18.3 Å². The first kappa shape index (κ1) is 19.4. The van der Waals surface area contributed by atoms with Gasteiger partial charge in [0.05, 0.1) is 26.4 Å². The zero-order valence-electron chi connectivity index (χ0n) is 14.0. The first-order valence-corrected chi connectivity index (χ1v) is 9.30. The molecule has 0 atom stereocenters. The van der Waals surface area contributed by atoms with Crippen LogP contribution in [0.4, 0.5) is 0 Å². The lowest BCUT2D eigenvalue weighted by atomic mass is 10.2. The summed E-state index contributed by atoms with van der Waals surface area (Å²) < 4.78 is 22.2. The highest BCUT2D eigenvalue weighted by atomic mass is 31.2. The van der Waals surface area contributed by atoms with Crippen LogP contribution in [0, 0.1) is 0 Å². The first-order valence-electron chi connectivity index (χ1n) is 8.20. The second-order valence-electron chi connectivity index (χ2n) is 4.89. The molecule has 0 heterocycles. The van der Waals surface area contributed by atoms with E-state index in [2.05, 4.69) is 6.92 Å². The molecule has 5 heteroatoms. The molecule has 0 fully saturated rings. The molecule has 0 aliphatic heterocycles. The molecule has 0 aromatic heterocycles. The molecule has 1 aromatic carbocycles. The Bertz CT molecular complexity index is 363. The maximum Gasteiger partial charge on any atom is 0.332 e. The molecule has 0 aliphatic rings. The summed E-state index contributed by atoms with van der Waals surface area (Å²) in [6.07, 6.45) is 4.88. The summed E-state index contributed by atoms with van der Waals surface area (Å²) >= 11 is 0. The summed E-state index contributed by atoms with van der Waals surface area (Å²) in [5.74, 6) is 0.914. The molecule has 22 heavy (non-hydrogen) atoms. The molecule has 0 unspecified atom stereocenters. The van der Waals surface area contributed by atoms with E-state index in [0.717, 1.165) is 24.3 Å². The van der Waals surface area contributed by atoms with Crippen molar-refractivity contribution in [2.45, 2.75) is 53.1 Å². The molecule has 1 aromatic rings. The van der Waals surface area contributed by atoms with Crippen molar-refractivity contribution in [1.29, 1.82) is 0 Å². The molecule has 4 nitrogen and oxygen atoms in total. The fourth-order valence-corrected chi connectivity index (χ4v) is 2.75. The number of rotatable bonds is 13. The van der Waals surface area contributed by atoms with E-state index in [-0.39, 0.29) is 0 Å². The number of hydrogen-bond acceptors (Lipinski definition) is 4. The molecule has 0 saturated heterocycles. The highest BCUT2D eigenvalue weighted by Gasteiger charge is 2.10. The van der Waals surface area contributed by atoms with E-state index in [4.69, 9.17) is 18.3 Å². The second-order valence-corrected chi connectivity index (χ2v) is 6.11. The summed E-state index contributed by atoms with van der Waals surface area (Å²) in [6, 6.07) is 8.02. The standard InChI is InChI=1S/C17H29O4P/c1-4-7-8-9-14-18-17-12-10-16(11-13-17)15-21-22(19-5-2)20-6-3/h10-13H,4-9,14-15H2,1-3H3. The van der Waals surface area contributed by atoms with Gasteiger partial charge in [0.15, 0.2) is 0 Å². The van der Waals surface area contributed by atoms with Crippen LogP contribution in [0.1, 0.15) is 52.0 Å². The van der Waals surface area contributed by atoms with Gasteiger partial charge in [0, 0.05) is 0 Å². The minimum Gasteiger partial charge on any atom is -0.494 e. The first-order chi connectivity index (χ1) is 10.8. The SMILES string of the molecule is CCCCCCOc1ccc(COP(OCC)OCC)cc1. The predicted octanol–water partition coefficient (Wildman–Crippen LogP) is 5.46. The van der Waals surface area contributed by atoms with Crippen LogP contribution in [0.5, 0.6) is 5.75 Å². The quantitative estimate of drug-likeness (QED) is 0.356. The maximum absolute atomic E-state index is 5.72. The van der Waals surface area contributed by atoms with E-state index in [1.807, 2.05) is 38.1 Å². The third-order valence-corrected chi connectivity index (χ3v) is 4.27. The van der Waals surface area contributed by atoms with Gasteiger partial charge in [-0.3, -0.25) is 0 Å². The lowest BCUT2D eigenvalue weighted by molar-refractivity contribution is 0.164. The van der Waals surface area contributed by atoms with Crippen molar-refractivity contribution in [1.82, 2.24) is 0 Å². The Balaban J connectivity index is 2.28. The Kier molecular flexibility index (Phi) is 11.3. The lowest BCUT2D eigenvalue weighted by Crippen LogP contribution is -1.98. The van der Waals surface area contributed by atoms with Crippen LogP contribution in [0.25, 0.3) is 0 Å². The Hall–Kier alpha value is -0.670. The van der Waals surface area contributed by atoms with Gasteiger partial charge in [-0.05, 0) is 38.0 Å². The predicted molar refractivity (Wildman–Crippen MR) is 91.0 cm³/mol. The summed E-state index contributed by atoms with van der Waals surface area (Å²) in [6.45, 7) is 8.55. The monoisotopic (exact) mass is 328 g/mol. The van der Waals surface area contributed by atoms with Gasteiger partial charge in [-0.25, -0.2) is 0 Å². The van der Waals surface area contributed by atoms with Gasteiger partial charge in [-0.2, -0.15) is 0 Å². The molecular formula is C17H29O4P. The molecule has 0 spiro atoms. The van der Waals surface area contributed by atoms with Gasteiger partial charge in [0.25, 0.3) is 0 Å². The topological polar surface area (TPSA) is 36.9 Å². The molecule has 0 saturated carbocycles. The van der Waals surface area contributed by atoms with Gasteiger partial charge >= 0.3 is 8.60 Å². The Morgan fingerprint density at radius 3 is 2.09 bits per heavy atom. The molecule has 1 rings (SSSR count). The molecule has 0 bridgehead atoms. The van der Waals surface area contributed by atoms with Gasteiger partial charge in [0.2, 0.25) is 0 Å². The zero-order chi connectivity index (χ0) is 16.0. The van der Waals surface area contributed by atoms with Crippen molar-refractivity contribution in [2.75, 3.05) is 19.8 Å². The van der Waals surface area contributed by atoms with Crippen LogP contribution >= 0.6 is 8.60 Å². The van der Waals surface area contributed by atoms with Gasteiger partial charge in [-0.15, -0.1) is 0 Å². The fraction of sp³-hybridized carbons (Fsp3) is 0.647. The van der Waals surface area contributed by atoms with Crippen LogP contribution in [-0.2, 0) is 20.2 Å². The molecule has 0 amide bonds.